The maximum absolute atomic E-state index is 13.4. The second-order valence-corrected chi connectivity index (χ2v) is 8.49. The number of anilines is 3. The summed E-state index contributed by atoms with van der Waals surface area (Å²) in [6.45, 7) is 0. The van der Waals surface area contributed by atoms with Gasteiger partial charge >= 0.3 is 0 Å². The molecule has 5 rings (SSSR count). The molecule has 6 heteroatoms. The number of nitrogens with one attached hydrogen (secondary N) is 1. The summed E-state index contributed by atoms with van der Waals surface area (Å²) in [6.07, 6.45) is 0.813. The summed E-state index contributed by atoms with van der Waals surface area (Å²) in [7, 11) is 0. The van der Waals surface area contributed by atoms with E-state index in [2.05, 4.69) is 17.4 Å². The van der Waals surface area contributed by atoms with E-state index in [0.717, 1.165) is 17.7 Å². The maximum Gasteiger partial charge on any atom is 0.196 e. The number of ketones is 2. The molecular weight excluding hydrogens is 432 g/mol. The van der Waals surface area contributed by atoms with Gasteiger partial charge in [0.05, 0.1) is 27.4 Å². The number of hydrogen-bond donors (Lipinski definition) is 3. The third-order valence-electron chi connectivity index (χ3n) is 5.78. The van der Waals surface area contributed by atoms with Gasteiger partial charge in [-0.05, 0) is 35.7 Å². The van der Waals surface area contributed by atoms with Crippen molar-refractivity contribution in [1.29, 1.82) is 0 Å². The molecule has 0 bridgehead atoms. The van der Waals surface area contributed by atoms with Crippen LogP contribution in [-0.2, 0) is 6.42 Å². The third-order valence-corrected chi connectivity index (χ3v) is 6.32. The van der Waals surface area contributed by atoms with E-state index in [9.17, 15) is 14.1 Å². The number of carbonyl (C=O) groups is 2. The Balaban J connectivity index is 1.53. The predicted molar refractivity (Wildman–Crippen MR) is 132 cm³/mol. The summed E-state index contributed by atoms with van der Waals surface area (Å²) in [5.74, 6) is -0.598. The molecule has 0 saturated heterocycles. The molecule has 4 aromatic carbocycles. The molecule has 0 saturated carbocycles. The molecule has 0 radical (unpaired) electrons. The molecule has 1 aliphatic rings. The van der Waals surface area contributed by atoms with Crippen molar-refractivity contribution in [3.05, 3.63) is 118 Å². The van der Waals surface area contributed by atoms with E-state index < -0.39 is 0 Å². The van der Waals surface area contributed by atoms with Crippen LogP contribution >= 0.6 is 12.0 Å². The summed E-state index contributed by atoms with van der Waals surface area (Å²) in [5.41, 5.74) is 10.9. The Morgan fingerprint density at radius 2 is 1.33 bits per heavy atom. The van der Waals surface area contributed by atoms with Gasteiger partial charge in [0.1, 0.15) is 0 Å². The highest BCUT2D eigenvalue weighted by molar-refractivity contribution is 7.94. The zero-order valence-corrected chi connectivity index (χ0v) is 18.4. The van der Waals surface area contributed by atoms with E-state index in [1.165, 1.54) is 5.56 Å². The smallest absolute Gasteiger partial charge is 0.196 e. The normalized spacial score (nSPS) is 12.3. The Morgan fingerprint density at radius 1 is 0.758 bits per heavy atom. The van der Waals surface area contributed by atoms with Crippen LogP contribution < -0.4 is 11.1 Å². The predicted octanol–water partition coefficient (Wildman–Crippen LogP) is 5.94. The Morgan fingerprint density at radius 3 is 1.97 bits per heavy atom. The van der Waals surface area contributed by atoms with Crippen LogP contribution in [0, 0.1) is 0 Å². The minimum Gasteiger partial charge on any atom is -0.397 e. The Hall–Kier alpha value is -3.87. The first-order chi connectivity index (χ1) is 16.1. The van der Waals surface area contributed by atoms with Crippen molar-refractivity contribution < 1.29 is 14.1 Å². The summed E-state index contributed by atoms with van der Waals surface area (Å²) >= 11 is 0.453. The average Bonchev–Trinajstić information content (AvgIpc) is 2.85. The average molecular weight is 453 g/mol. The monoisotopic (exact) mass is 452 g/mol. The first-order valence-corrected chi connectivity index (χ1v) is 11.2. The molecule has 0 atom stereocenters. The second kappa shape index (κ2) is 8.58. The zero-order chi connectivity index (χ0) is 22.9. The molecule has 4 N–H and O–H groups in total. The molecule has 1 aliphatic carbocycles. The summed E-state index contributed by atoms with van der Waals surface area (Å²) in [5, 5.41) is 3.25. The van der Waals surface area contributed by atoms with Gasteiger partial charge in [0.2, 0.25) is 0 Å². The van der Waals surface area contributed by atoms with Gasteiger partial charge in [-0.3, -0.25) is 9.59 Å². The van der Waals surface area contributed by atoms with Gasteiger partial charge in [-0.25, -0.2) is 0 Å². The molecule has 0 unspecified atom stereocenters. The maximum atomic E-state index is 13.4. The fourth-order valence-electron chi connectivity index (χ4n) is 4.16. The molecule has 0 amide bonds. The first kappa shape index (κ1) is 21.0. The van der Waals surface area contributed by atoms with Crippen molar-refractivity contribution in [2.75, 3.05) is 11.1 Å². The molecule has 162 valence electrons. The molecule has 5 nitrogen and oxygen atoms in total. The molecular formula is C27H20N2O3S. The van der Waals surface area contributed by atoms with Crippen molar-refractivity contribution in [1.82, 2.24) is 0 Å². The van der Waals surface area contributed by atoms with Crippen molar-refractivity contribution in [3.8, 4) is 0 Å². The lowest BCUT2D eigenvalue weighted by Crippen LogP contribution is -2.24. The van der Waals surface area contributed by atoms with Crippen LogP contribution in [0.2, 0.25) is 0 Å². The van der Waals surface area contributed by atoms with Crippen LogP contribution in [0.4, 0.5) is 17.1 Å². The zero-order valence-electron chi connectivity index (χ0n) is 17.5. The minimum atomic E-state index is -0.324. The number of nitrogens with two attached hydrogens (primary N) is 1. The lowest BCUT2D eigenvalue weighted by molar-refractivity contribution is 0.0980. The van der Waals surface area contributed by atoms with E-state index in [1.54, 1.807) is 30.3 Å². The van der Waals surface area contributed by atoms with Crippen LogP contribution in [-0.4, -0.2) is 16.1 Å². The highest BCUT2D eigenvalue weighted by Crippen LogP contribution is 2.41. The van der Waals surface area contributed by atoms with E-state index in [1.807, 2.05) is 42.5 Å². The number of rotatable bonds is 5. The minimum absolute atomic E-state index is 0.106. The highest BCUT2D eigenvalue weighted by Gasteiger charge is 2.34. The highest BCUT2D eigenvalue weighted by atomic mass is 32.2. The first-order valence-electron chi connectivity index (χ1n) is 10.4. The quantitative estimate of drug-likeness (QED) is 0.226. The van der Waals surface area contributed by atoms with E-state index in [4.69, 9.17) is 5.73 Å². The lowest BCUT2D eigenvalue weighted by Gasteiger charge is -2.23. The number of hydrogen-bond acceptors (Lipinski definition) is 6. The summed E-state index contributed by atoms with van der Waals surface area (Å²) in [4.78, 5) is 26.9. The van der Waals surface area contributed by atoms with E-state index in [0.29, 0.717) is 33.8 Å². The van der Waals surface area contributed by atoms with Crippen molar-refractivity contribution >= 4 is 40.7 Å². The second-order valence-electron chi connectivity index (χ2n) is 7.87. The van der Waals surface area contributed by atoms with E-state index >= 15 is 0 Å². The number of carbonyl (C=O) groups excluding carboxylic acids is 2. The lowest BCUT2D eigenvalue weighted by atomic mass is 9.82. The fourth-order valence-corrected chi connectivity index (χ4v) is 4.53. The molecule has 0 fully saturated rings. The number of fused-ring (bicyclic) bond motifs is 2. The SMILES string of the molecule is Nc1c(SO)cc(Nc2ccc(Cc3ccccc3)cc2)c2c1C(=O)c1ccccc1C2=O. The Labute approximate surface area is 195 Å². The van der Waals surface area contributed by atoms with Crippen LogP contribution in [0.3, 0.4) is 0 Å². The van der Waals surface area contributed by atoms with Gasteiger partial charge in [0.25, 0.3) is 0 Å². The number of nitrogen functional groups attached to an aromatic ring is 1. The Bertz CT molecular complexity index is 1380. The summed E-state index contributed by atoms with van der Waals surface area (Å²) in [6, 6.07) is 26.4. The van der Waals surface area contributed by atoms with Gasteiger partial charge in [-0.15, -0.1) is 0 Å². The van der Waals surface area contributed by atoms with Gasteiger partial charge in [0, 0.05) is 28.9 Å². The van der Waals surface area contributed by atoms with Crippen LogP contribution in [0.15, 0.2) is 89.8 Å². The summed E-state index contributed by atoms with van der Waals surface area (Å²) < 4.78 is 9.75. The van der Waals surface area contributed by atoms with Crippen molar-refractivity contribution in [3.63, 3.8) is 0 Å². The van der Waals surface area contributed by atoms with Crippen LogP contribution in [0.25, 0.3) is 0 Å². The van der Waals surface area contributed by atoms with E-state index in [-0.39, 0.29) is 28.4 Å². The van der Waals surface area contributed by atoms with Gasteiger partial charge in [-0.2, -0.15) is 0 Å². The van der Waals surface area contributed by atoms with Crippen molar-refractivity contribution in [2.24, 2.45) is 0 Å². The van der Waals surface area contributed by atoms with Crippen LogP contribution in [0.5, 0.6) is 0 Å². The molecule has 0 heterocycles. The molecule has 0 aliphatic heterocycles. The fraction of sp³-hybridized carbons (Fsp3) is 0.0370. The molecule has 0 aromatic heterocycles. The van der Waals surface area contributed by atoms with Gasteiger partial charge < -0.3 is 15.6 Å². The molecule has 33 heavy (non-hydrogen) atoms. The van der Waals surface area contributed by atoms with Crippen molar-refractivity contribution in [2.45, 2.75) is 11.3 Å². The van der Waals surface area contributed by atoms with Crippen LogP contribution in [0.1, 0.15) is 43.0 Å². The standard InChI is InChI=1S/C27H20N2O3S/c28-25-22(33-32)15-21(23-24(25)27(31)20-9-5-4-8-19(20)26(23)30)29-18-12-10-17(11-13-18)14-16-6-2-1-3-7-16/h1-13,15,29,32H,14,28H2. The molecule has 4 aromatic rings. The topological polar surface area (TPSA) is 92.4 Å². The molecule has 0 spiro atoms. The van der Waals surface area contributed by atoms with Gasteiger partial charge in [0.15, 0.2) is 11.6 Å². The number of benzene rings is 4. The Kier molecular flexibility index (Phi) is 5.46. The van der Waals surface area contributed by atoms with Gasteiger partial charge in [-0.1, -0.05) is 66.7 Å². The third kappa shape index (κ3) is 3.80. The largest absolute Gasteiger partial charge is 0.397 e.